The smallest absolute Gasteiger partial charge is 0.414 e. The molecule has 0 radical (unpaired) electrons. The summed E-state index contributed by atoms with van der Waals surface area (Å²) in [7, 11) is 1.47. The number of hydrogen-bond donors (Lipinski definition) is 2. The van der Waals surface area contributed by atoms with E-state index in [1.165, 1.54) is 19.2 Å². The van der Waals surface area contributed by atoms with E-state index in [1.54, 1.807) is 37.3 Å². The molecule has 0 saturated heterocycles. The fourth-order valence-corrected chi connectivity index (χ4v) is 3.24. The number of anilines is 1. The first kappa shape index (κ1) is 24.8. The van der Waals surface area contributed by atoms with Crippen molar-refractivity contribution >= 4 is 12.0 Å². The molecular formula is C23H24F2N4O5. The van der Waals surface area contributed by atoms with Crippen molar-refractivity contribution in [1.29, 1.82) is 0 Å². The lowest BCUT2D eigenvalue weighted by Gasteiger charge is -2.19. The third-order valence-corrected chi connectivity index (χ3v) is 5.03. The summed E-state index contributed by atoms with van der Waals surface area (Å²) in [4.78, 5) is 25.1. The topological polar surface area (TPSA) is 118 Å². The zero-order chi connectivity index (χ0) is 24.7. The zero-order valence-corrected chi connectivity index (χ0v) is 18.6. The monoisotopic (exact) mass is 474 g/mol. The first-order valence-corrected chi connectivity index (χ1v) is 10.4. The second-order valence-electron chi connectivity index (χ2n) is 7.19. The molecule has 9 nitrogen and oxygen atoms in total. The second kappa shape index (κ2) is 11.3. The Kier molecular flexibility index (Phi) is 8.25. The highest BCUT2D eigenvalue weighted by Crippen LogP contribution is 2.32. The van der Waals surface area contributed by atoms with Crippen LogP contribution in [0.25, 0.3) is 11.4 Å². The summed E-state index contributed by atoms with van der Waals surface area (Å²) in [5, 5.41) is 20.1. The molecule has 0 fully saturated rings. The molecule has 2 N–H and O–H groups in total. The number of benzene rings is 2. The fourth-order valence-electron chi connectivity index (χ4n) is 3.24. The first-order chi connectivity index (χ1) is 16.4. The minimum Gasteiger partial charge on any atom is -0.496 e. The number of rotatable bonds is 10. The molecule has 2 aromatic carbocycles. The Labute approximate surface area is 194 Å². The number of ether oxygens (including phenoxy) is 2. The van der Waals surface area contributed by atoms with Gasteiger partial charge in [0.2, 0.25) is 12.8 Å². The quantitative estimate of drug-likeness (QED) is 0.450. The Morgan fingerprint density at radius 3 is 2.50 bits per heavy atom. The summed E-state index contributed by atoms with van der Waals surface area (Å²) < 4.78 is 36.1. The van der Waals surface area contributed by atoms with Crippen LogP contribution >= 0.6 is 0 Å². The zero-order valence-electron chi connectivity index (χ0n) is 18.6. The van der Waals surface area contributed by atoms with Gasteiger partial charge in [-0.25, -0.2) is 18.5 Å². The number of halogens is 2. The van der Waals surface area contributed by atoms with Gasteiger partial charge >= 0.3 is 12.1 Å². The van der Waals surface area contributed by atoms with E-state index in [9.17, 15) is 23.8 Å². The summed E-state index contributed by atoms with van der Waals surface area (Å²) in [6.45, 7) is 0.521. The lowest BCUT2D eigenvalue weighted by atomic mass is 10.0. The molecule has 1 unspecified atom stereocenters. The molecule has 34 heavy (non-hydrogen) atoms. The molecule has 0 aliphatic rings. The van der Waals surface area contributed by atoms with Crippen molar-refractivity contribution in [3.8, 4) is 23.1 Å². The van der Waals surface area contributed by atoms with Gasteiger partial charge in [-0.2, -0.15) is 15.0 Å². The van der Waals surface area contributed by atoms with E-state index >= 15 is 0 Å². The highest BCUT2D eigenvalue weighted by atomic mass is 19.1. The highest BCUT2D eigenvalue weighted by molar-refractivity contribution is 5.83. The molecule has 180 valence electrons. The van der Waals surface area contributed by atoms with Crippen molar-refractivity contribution in [1.82, 2.24) is 15.0 Å². The van der Waals surface area contributed by atoms with E-state index < -0.39 is 30.9 Å². The molecule has 0 aliphatic carbocycles. The molecule has 1 heterocycles. The predicted octanol–water partition coefficient (Wildman–Crippen LogP) is 4.16. The number of hydrogen-bond acceptors (Lipinski definition) is 7. The number of amides is 1. The van der Waals surface area contributed by atoms with Crippen LogP contribution in [0.4, 0.5) is 19.5 Å². The summed E-state index contributed by atoms with van der Waals surface area (Å²) in [5.74, 6) is -0.190. The molecule has 1 atom stereocenters. The van der Waals surface area contributed by atoms with E-state index in [0.717, 1.165) is 4.90 Å². The SMILES string of the molecule is CCC(O)c1cc(-c2nc(OCF)nc(N(CCc3ccc(F)cc3)C(=O)O)n2)ccc1OC. The number of aromatic nitrogens is 3. The number of aliphatic hydroxyl groups excluding tert-OH is 1. The number of carbonyl (C=O) groups is 1. The lowest BCUT2D eigenvalue weighted by molar-refractivity contribution is 0.169. The van der Waals surface area contributed by atoms with Crippen molar-refractivity contribution in [2.24, 2.45) is 0 Å². The van der Waals surface area contributed by atoms with Crippen LogP contribution < -0.4 is 14.4 Å². The largest absolute Gasteiger partial charge is 0.496 e. The molecule has 1 amide bonds. The Hall–Kier alpha value is -3.86. The van der Waals surface area contributed by atoms with Gasteiger partial charge in [0.05, 0.1) is 13.2 Å². The van der Waals surface area contributed by atoms with Gasteiger partial charge in [-0.05, 0) is 48.7 Å². The van der Waals surface area contributed by atoms with Crippen molar-refractivity contribution in [3.05, 3.63) is 59.4 Å². The maximum absolute atomic E-state index is 13.2. The van der Waals surface area contributed by atoms with Crippen LogP contribution in [0.5, 0.6) is 11.8 Å². The summed E-state index contributed by atoms with van der Waals surface area (Å²) in [6.07, 6.45) is -1.48. The fraction of sp³-hybridized carbons (Fsp3) is 0.304. The van der Waals surface area contributed by atoms with Crippen LogP contribution in [0.1, 0.15) is 30.6 Å². The lowest BCUT2D eigenvalue weighted by Crippen LogP contribution is -2.33. The third kappa shape index (κ3) is 5.93. The van der Waals surface area contributed by atoms with Gasteiger partial charge in [-0.3, -0.25) is 0 Å². The van der Waals surface area contributed by atoms with Gasteiger partial charge in [-0.15, -0.1) is 0 Å². The molecule has 11 heteroatoms. The van der Waals surface area contributed by atoms with Crippen LogP contribution in [0.15, 0.2) is 42.5 Å². The van der Waals surface area contributed by atoms with Gasteiger partial charge in [0.25, 0.3) is 0 Å². The average Bonchev–Trinajstić information content (AvgIpc) is 2.84. The van der Waals surface area contributed by atoms with Gasteiger partial charge < -0.3 is 19.7 Å². The maximum Gasteiger partial charge on any atom is 0.414 e. The molecule has 0 aliphatic heterocycles. The molecule has 3 rings (SSSR count). The Morgan fingerprint density at radius 1 is 1.15 bits per heavy atom. The Balaban J connectivity index is 2.00. The summed E-state index contributed by atoms with van der Waals surface area (Å²) >= 11 is 0. The predicted molar refractivity (Wildman–Crippen MR) is 119 cm³/mol. The number of nitrogens with zero attached hydrogens (tertiary/aromatic N) is 4. The van der Waals surface area contributed by atoms with Crippen molar-refractivity contribution in [2.75, 3.05) is 25.4 Å². The van der Waals surface area contributed by atoms with Gasteiger partial charge in [0.1, 0.15) is 11.6 Å². The van der Waals surface area contributed by atoms with Gasteiger partial charge in [0, 0.05) is 17.7 Å². The Bertz CT molecular complexity index is 1130. The van der Waals surface area contributed by atoms with Crippen LogP contribution in [0, 0.1) is 5.82 Å². The van der Waals surface area contributed by atoms with Crippen LogP contribution in [0.2, 0.25) is 0 Å². The first-order valence-electron chi connectivity index (χ1n) is 10.4. The molecule has 3 aromatic rings. The van der Waals surface area contributed by atoms with Crippen LogP contribution in [-0.2, 0) is 6.42 Å². The third-order valence-electron chi connectivity index (χ3n) is 5.03. The van der Waals surface area contributed by atoms with Gasteiger partial charge in [-0.1, -0.05) is 19.1 Å². The van der Waals surface area contributed by atoms with E-state index in [1.807, 2.05) is 0 Å². The number of methoxy groups -OCH3 is 1. The Morgan fingerprint density at radius 2 is 1.88 bits per heavy atom. The second-order valence-corrected chi connectivity index (χ2v) is 7.19. The molecule has 1 aromatic heterocycles. The van der Waals surface area contributed by atoms with E-state index in [2.05, 4.69) is 15.0 Å². The van der Waals surface area contributed by atoms with E-state index in [4.69, 9.17) is 9.47 Å². The summed E-state index contributed by atoms with van der Waals surface area (Å²) in [6, 6.07) is 10.1. The standard InChI is InChI=1S/C23H24F2N4O5/c1-3-18(30)17-12-15(6-9-19(17)33-2)20-26-21(28-22(27-20)34-13-24)29(23(31)32)11-10-14-4-7-16(25)8-5-14/h4-9,12,18,30H,3,10-11,13H2,1-2H3,(H,31,32). The van der Waals surface area contributed by atoms with Crippen molar-refractivity contribution < 1.29 is 33.3 Å². The van der Waals surface area contributed by atoms with Crippen molar-refractivity contribution in [3.63, 3.8) is 0 Å². The minimum atomic E-state index is -1.35. The average molecular weight is 474 g/mol. The summed E-state index contributed by atoms with van der Waals surface area (Å²) in [5.41, 5.74) is 1.61. The minimum absolute atomic E-state index is 0.0219. The normalized spacial score (nSPS) is 11.7. The molecule has 0 bridgehead atoms. The molecule has 0 saturated carbocycles. The van der Waals surface area contributed by atoms with Crippen LogP contribution in [-0.4, -0.2) is 51.8 Å². The van der Waals surface area contributed by atoms with Gasteiger partial charge in [0.15, 0.2) is 5.82 Å². The van der Waals surface area contributed by atoms with Crippen molar-refractivity contribution in [2.45, 2.75) is 25.9 Å². The number of carboxylic acid groups (broad SMARTS) is 1. The molecule has 0 spiro atoms. The van der Waals surface area contributed by atoms with E-state index in [-0.39, 0.29) is 24.7 Å². The van der Waals surface area contributed by atoms with Crippen LogP contribution in [0.3, 0.4) is 0 Å². The van der Waals surface area contributed by atoms with E-state index in [0.29, 0.717) is 28.9 Å². The number of aliphatic hydroxyl groups is 1. The number of alkyl halides is 1. The highest BCUT2D eigenvalue weighted by Gasteiger charge is 2.22. The molecular weight excluding hydrogens is 450 g/mol. The maximum atomic E-state index is 13.2.